The summed E-state index contributed by atoms with van der Waals surface area (Å²) < 4.78 is 5.37. The van der Waals surface area contributed by atoms with E-state index in [9.17, 15) is 19.7 Å². The van der Waals surface area contributed by atoms with Crippen molar-refractivity contribution in [2.24, 2.45) is 0 Å². The molecule has 0 aliphatic carbocycles. The van der Waals surface area contributed by atoms with Gasteiger partial charge in [-0.2, -0.15) is 0 Å². The molecule has 0 bridgehead atoms. The van der Waals surface area contributed by atoms with Crippen molar-refractivity contribution < 1.29 is 19.2 Å². The maximum absolute atomic E-state index is 13.1. The van der Waals surface area contributed by atoms with Gasteiger partial charge in [-0.25, -0.2) is 0 Å². The average Bonchev–Trinajstić information content (AvgIpc) is 2.85. The summed E-state index contributed by atoms with van der Waals surface area (Å²) in [6, 6.07) is 18.2. The third-order valence-corrected chi connectivity index (χ3v) is 5.47. The second kappa shape index (κ2) is 10.1. The molecular weight excluding hydrogens is 436 g/mol. The van der Waals surface area contributed by atoms with Gasteiger partial charge >= 0.3 is 0 Å². The Balaban J connectivity index is 1.49. The number of nitro groups is 1. The fraction of sp³-hybridized carbons (Fsp3) is 0.200. The normalized spacial score (nSPS) is 13.3. The number of hydrogen-bond donors (Lipinski definition) is 2. The summed E-state index contributed by atoms with van der Waals surface area (Å²) in [5.41, 5.74) is 3.30. The number of ether oxygens (including phenoxy) is 1. The van der Waals surface area contributed by atoms with Gasteiger partial charge in [0.15, 0.2) is 0 Å². The highest BCUT2D eigenvalue weighted by molar-refractivity contribution is 6.09. The highest BCUT2D eigenvalue weighted by Crippen LogP contribution is 2.27. The smallest absolute Gasteiger partial charge is 0.270 e. The molecule has 0 saturated carbocycles. The molecule has 174 valence electrons. The maximum Gasteiger partial charge on any atom is 0.270 e. The molecule has 0 aromatic heterocycles. The van der Waals surface area contributed by atoms with Crippen molar-refractivity contribution in [2.45, 2.75) is 6.92 Å². The molecule has 1 fully saturated rings. The summed E-state index contributed by atoms with van der Waals surface area (Å²) in [4.78, 5) is 38.2. The van der Waals surface area contributed by atoms with Gasteiger partial charge in [0, 0.05) is 42.2 Å². The van der Waals surface area contributed by atoms with Gasteiger partial charge < -0.3 is 20.3 Å². The number of carbonyl (C=O) groups excluding carboxylic acids is 2. The molecule has 1 aliphatic rings. The first-order valence-corrected chi connectivity index (χ1v) is 10.8. The van der Waals surface area contributed by atoms with Crippen molar-refractivity contribution in [1.29, 1.82) is 0 Å². The zero-order valence-electron chi connectivity index (χ0n) is 18.6. The molecule has 3 aromatic rings. The van der Waals surface area contributed by atoms with Crippen LogP contribution in [-0.2, 0) is 4.74 Å². The minimum absolute atomic E-state index is 0.156. The van der Waals surface area contributed by atoms with E-state index in [2.05, 4.69) is 10.6 Å². The molecule has 0 radical (unpaired) electrons. The Kier molecular flexibility index (Phi) is 6.84. The molecule has 0 unspecified atom stereocenters. The molecule has 1 aliphatic heterocycles. The molecule has 0 atom stereocenters. The lowest BCUT2D eigenvalue weighted by molar-refractivity contribution is -0.384. The lowest BCUT2D eigenvalue weighted by atomic mass is 10.1. The van der Waals surface area contributed by atoms with E-state index < -0.39 is 10.8 Å². The van der Waals surface area contributed by atoms with E-state index in [-0.39, 0.29) is 17.2 Å². The topological polar surface area (TPSA) is 114 Å². The second-order valence-corrected chi connectivity index (χ2v) is 7.91. The molecule has 9 nitrogen and oxygen atoms in total. The zero-order valence-corrected chi connectivity index (χ0v) is 18.6. The van der Waals surface area contributed by atoms with Crippen LogP contribution in [0, 0.1) is 17.0 Å². The Labute approximate surface area is 196 Å². The van der Waals surface area contributed by atoms with Crippen LogP contribution in [0.3, 0.4) is 0 Å². The monoisotopic (exact) mass is 460 g/mol. The van der Waals surface area contributed by atoms with Crippen molar-refractivity contribution in [3.63, 3.8) is 0 Å². The Morgan fingerprint density at radius 3 is 2.18 bits per heavy atom. The number of nitrogens with zero attached hydrogens (tertiary/aromatic N) is 2. The number of carbonyl (C=O) groups is 2. The molecule has 1 saturated heterocycles. The fourth-order valence-electron chi connectivity index (χ4n) is 3.72. The summed E-state index contributed by atoms with van der Waals surface area (Å²) in [5, 5.41) is 16.9. The summed E-state index contributed by atoms with van der Waals surface area (Å²) in [6.07, 6.45) is 0. The average molecular weight is 460 g/mol. The van der Waals surface area contributed by atoms with Gasteiger partial charge in [0.1, 0.15) is 0 Å². The standard InChI is InChI=1S/C25H24N4O5/c1-17-3-2-4-18(15-17)24(30)26-19-5-7-20(8-6-19)27-25(31)22-16-21(29(32)33)9-10-23(22)28-11-13-34-14-12-28/h2-10,15-16H,11-14H2,1H3,(H,26,30)(H,27,31). The van der Waals surface area contributed by atoms with Gasteiger partial charge in [-0.1, -0.05) is 17.7 Å². The van der Waals surface area contributed by atoms with Crippen molar-refractivity contribution >= 4 is 34.6 Å². The van der Waals surface area contributed by atoms with Gasteiger partial charge in [0.2, 0.25) is 0 Å². The number of nitrogens with one attached hydrogen (secondary N) is 2. The quantitative estimate of drug-likeness (QED) is 0.420. The van der Waals surface area contributed by atoms with Crippen molar-refractivity contribution in [3.8, 4) is 0 Å². The van der Waals surface area contributed by atoms with Crippen LogP contribution >= 0.6 is 0 Å². The molecule has 2 N–H and O–H groups in total. The Morgan fingerprint density at radius 1 is 0.912 bits per heavy atom. The van der Waals surface area contributed by atoms with E-state index in [1.54, 1.807) is 42.5 Å². The number of rotatable bonds is 6. The van der Waals surface area contributed by atoms with Gasteiger partial charge in [0.25, 0.3) is 17.5 Å². The third kappa shape index (κ3) is 5.38. The van der Waals surface area contributed by atoms with Crippen LogP contribution in [0.15, 0.2) is 66.7 Å². The molecule has 2 amide bonds. The fourth-order valence-corrected chi connectivity index (χ4v) is 3.72. The molecule has 3 aromatic carbocycles. The van der Waals surface area contributed by atoms with Crippen molar-refractivity contribution in [1.82, 2.24) is 0 Å². The van der Waals surface area contributed by atoms with E-state index in [0.717, 1.165) is 5.56 Å². The molecule has 4 rings (SSSR count). The predicted octanol–water partition coefficient (Wildman–Crippen LogP) is 4.24. The number of anilines is 3. The van der Waals surface area contributed by atoms with E-state index in [0.29, 0.717) is 48.9 Å². The lowest BCUT2D eigenvalue weighted by Gasteiger charge is -2.30. The van der Waals surface area contributed by atoms with Gasteiger partial charge in [-0.15, -0.1) is 0 Å². The third-order valence-electron chi connectivity index (χ3n) is 5.47. The van der Waals surface area contributed by atoms with E-state index >= 15 is 0 Å². The molecule has 9 heteroatoms. The number of non-ortho nitro benzene ring substituents is 1. The van der Waals surface area contributed by atoms with E-state index in [4.69, 9.17) is 4.74 Å². The van der Waals surface area contributed by atoms with E-state index in [1.807, 2.05) is 24.0 Å². The molecule has 0 spiro atoms. The van der Waals surface area contributed by atoms with Crippen LogP contribution in [-0.4, -0.2) is 43.0 Å². The highest BCUT2D eigenvalue weighted by atomic mass is 16.6. The Hall–Kier alpha value is -4.24. The largest absolute Gasteiger partial charge is 0.378 e. The molecule has 34 heavy (non-hydrogen) atoms. The first kappa shape index (κ1) is 22.9. The van der Waals surface area contributed by atoms with Crippen LogP contribution in [0.4, 0.5) is 22.7 Å². The SMILES string of the molecule is Cc1cccc(C(=O)Nc2ccc(NC(=O)c3cc([N+](=O)[O-])ccc3N3CCOCC3)cc2)c1. The first-order valence-electron chi connectivity index (χ1n) is 10.8. The number of nitro benzene ring substituents is 1. The van der Waals surface area contributed by atoms with E-state index in [1.165, 1.54) is 12.1 Å². The summed E-state index contributed by atoms with van der Waals surface area (Å²) >= 11 is 0. The highest BCUT2D eigenvalue weighted by Gasteiger charge is 2.22. The van der Waals surface area contributed by atoms with Crippen LogP contribution < -0.4 is 15.5 Å². The maximum atomic E-state index is 13.1. The second-order valence-electron chi connectivity index (χ2n) is 7.91. The van der Waals surface area contributed by atoms with Gasteiger partial charge in [-0.3, -0.25) is 19.7 Å². The Morgan fingerprint density at radius 2 is 1.56 bits per heavy atom. The van der Waals surface area contributed by atoms with Gasteiger partial charge in [0.05, 0.1) is 29.4 Å². The summed E-state index contributed by atoms with van der Waals surface area (Å²) in [7, 11) is 0. The van der Waals surface area contributed by atoms with Crippen LogP contribution in [0.2, 0.25) is 0 Å². The van der Waals surface area contributed by atoms with Crippen LogP contribution in [0.25, 0.3) is 0 Å². The number of hydrogen-bond acceptors (Lipinski definition) is 6. The molecular formula is C25H24N4O5. The number of aryl methyl sites for hydroxylation is 1. The molecule has 1 heterocycles. The van der Waals surface area contributed by atoms with Crippen molar-refractivity contribution in [2.75, 3.05) is 41.8 Å². The minimum Gasteiger partial charge on any atom is -0.378 e. The Bertz CT molecular complexity index is 1220. The first-order chi connectivity index (χ1) is 16.4. The van der Waals surface area contributed by atoms with Gasteiger partial charge in [-0.05, 0) is 49.4 Å². The summed E-state index contributed by atoms with van der Waals surface area (Å²) in [5.74, 6) is -0.686. The van der Waals surface area contributed by atoms with Crippen LogP contribution in [0.1, 0.15) is 26.3 Å². The predicted molar refractivity (Wildman–Crippen MR) is 130 cm³/mol. The minimum atomic E-state index is -0.522. The summed E-state index contributed by atoms with van der Waals surface area (Å²) in [6.45, 7) is 4.14. The van der Waals surface area contributed by atoms with Crippen molar-refractivity contribution in [3.05, 3.63) is 93.5 Å². The number of benzene rings is 3. The zero-order chi connectivity index (χ0) is 24.1. The lowest BCUT2D eigenvalue weighted by Crippen LogP contribution is -2.37. The number of amides is 2. The van der Waals surface area contributed by atoms with Crippen LogP contribution in [0.5, 0.6) is 0 Å². The number of morpholine rings is 1.